The number of rotatable bonds is 10. The van der Waals surface area contributed by atoms with Crippen molar-refractivity contribution >= 4 is 33.2 Å². The van der Waals surface area contributed by atoms with Gasteiger partial charge >= 0.3 is 0 Å². The number of nitrogens with one attached hydrogen (secondary N) is 2. The minimum Gasteiger partial charge on any atom is -0.352 e. The number of unbranched alkanes of at least 4 members (excludes halogenated alkanes) is 1. The van der Waals surface area contributed by atoms with Gasteiger partial charge in [0.25, 0.3) is 15.9 Å². The van der Waals surface area contributed by atoms with Crippen LogP contribution in [-0.4, -0.2) is 20.9 Å². The molecule has 0 aliphatic rings. The molecule has 7 heteroatoms. The molecular formula is C22H29ClN2O3S. The zero-order valence-electron chi connectivity index (χ0n) is 17.2. The van der Waals surface area contributed by atoms with Crippen molar-refractivity contribution in [2.75, 3.05) is 11.3 Å². The lowest BCUT2D eigenvalue weighted by molar-refractivity contribution is 0.0946. The van der Waals surface area contributed by atoms with Crippen molar-refractivity contribution in [3.05, 3.63) is 58.6 Å². The minimum atomic E-state index is -3.72. The number of sulfonamides is 1. The lowest BCUT2D eigenvalue weighted by Crippen LogP contribution is -2.29. The Balaban J connectivity index is 2.05. The first-order valence-electron chi connectivity index (χ1n) is 9.94. The van der Waals surface area contributed by atoms with Crippen molar-refractivity contribution in [3.63, 3.8) is 0 Å². The van der Waals surface area contributed by atoms with Crippen molar-refractivity contribution in [2.45, 2.75) is 51.3 Å². The Morgan fingerprint density at radius 3 is 2.38 bits per heavy atom. The van der Waals surface area contributed by atoms with Gasteiger partial charge in [-0.2, -0.15) is 0 Å². The summed E-state index contributed by atoms with van der Waals surface area (Å²) in [6.45, 7) is 6.77. The number of carbonyl (C=O) groups excluding carboxylic acids is 1. The highest BCUT2D eigenvalue weighted by atomic mass is 35.5. The predicted octanol–water partition coefficient (Wildman–Crippen LogP) is 5.40. The van der Waals surface area contributed by atoms with Gasteiger partial charge in [0.05, 0.1) is 21.2 Å². The van der Waals surface area contributed by atoms with Crippen LogP contribution in [0.25, 0.3) is 0 Å². The van der Waals surface area contributed by atoms with Gasteiger partial charge in [-0.3, -0.25) is 9.52 Å². The minimum absolute atomic E-state index is 0.165. The van der Waals surface area contributed by atoms with Crippen molar-refractivity contribution in [1.82, 2.24) is 5.32 Å². The quantitative estimate of drug-likeness (QED) is 0.523. The Kier molecular flexibility index (Phi) is 8.53. The molecule has 1 amide bonds. The molecule has 0 radical (unpaired) electrons. The van der Waals surface area contributed by atoms with Crippen LogP contribution in [0.4, 0.5) is 5.69 Å². The largest absolute Gasteiger partial charge is 0.352 e. The number of benzene rings is 2. The third kappa shape index (κ3) is 6.75. The number of carbonyl (C=O) groups is 1. The second-order valence-corrected chi connectivity index (χ2v) is 9.33. The van der Waals surface area contributed by atoms with Crippen LogP contribution in [0.3, 0.4) is 0 Å². The zero-order chi connectivity index (χ0) is 21.4. The van der Waals surface area contributed by atoms with Crippen LogP contribution in [0.2, 0.25) is 5.02 Å². The summed E-state index contributed by atoms with van der Waals surface area (Å²) in [6, 6.07) is 11.1. The second kappa shape index (κ2) is 10.6. The third-order valence-corrected chi connectivity index (χ3v) is 6.60. The molecule has 0 bridgehead atoms. The molecule has 29 heavy (non-hydrogen) atoms. The molecule has 0 unspecified atom stereocenters. The van der Waals surface area contributed by atoms with Gasteiger partial charge in [-0.25, -0.2) is 8.42 Å². The van der Waals surface area contributed by atoms with Gasteiger partial charge < -0.3 is 5.32 Å². The molecular weight excluding hydrogens is 408 g/mol. The van der Waals surface area contributed by atoms with Crippen molar-refractivity contribution in [3.8, 4) is 0 Å². The molecule has 0 saturated carbocycles. The first-order chi connectivity index (χ1) is 13.8. The first kappa shape index (κ1) is 23.2. The van der Waals surface area contributed by atoms with Crippen molar-refractivity contribution in [1.29, 1.82) is 0 Å². The van der Waals surface area contributed by atoms with Gasteiger partial charge in [0.15, 0.2) is 0 Å². The van der Waals surface area contributed by atoms with E-state index in [4.69, 9.17) is 11.6 Å². The Hall–Kier alpha value is -2.05. The number of aryl methyl sites for hydroxylation is 1. The Morgan fingerprint density at radius 1 is 1.10 bits per heavy atom. The number of amides is 1. The highest BCUT2D eigenvalue weighted by Crippen LogP contribution is 2.24. The molecule has 0 aliphatic carbocycles. The fourth-order valence-electron chi connectivity index (χ4n) is 2.97. The average molecular weight is 437 g/mol. The molecule has 2 N–H and O–H groups in total. The average Bonchev–Trinajstić information content (AvgIpc) is 2.68. The second-order valence-electron chi connectivity index (χ2n) is 7.24. The van der Waals surface area contributed by atoms with Crippen LogP contribution >= 0.6 is 11.6 Å². The van der Waals surface area contributed by atoms with E-state index in [9.17, 15) is 13.2 Å². The molecule has 0 fully saturated rings. The van der Waals surface area contributed by atoms with E-state index in [2.05, 4.69) is 23.9 Å². The predicted molar refractivity (Wildman–Crippen MR) is 119 cm³/mol. The van der Waals surface area contributed by atoms with E-state index in [-0.39, 0.29) is 15.8 Å². The summed E-state index contributed by atoms with van der Waals surface area (Å²) >= 11 is 6.26. The van der Waals surface area contributed by atoms with E-state index < -0.39 is 10.0 Å². The molecule has 2 rings (SSSR count). The monoisotopic (exact) mass is 436 g/mol. The summed E-state index contributed by atoms with van der Waals surface area (Å²) in [4.78, 5) is 12.6. The molecule has 2 aromatic rings. The third-order valence-electron chi connectivity index (χ3n) is 4.89. The van der Waals surface area contributed by atoms with Crippen LogP contribution in [0.5, 0.6) is 0 Å². The lowest BCUT2D eigenvalue weighted by atomic mass is 9.99. The van der Waals surface area contributed by atoms with Gasteiger partial charge in [-0.05, 0) is 49.6 Å². The maximum absolute atomic E-state index is 12.5. The maximum atomic E-state index is 12.5. The molecule has 0 aliphatic heterocycles. The fraction of sp³-hybridized carbons (Fsp3) is 0.409. The molecule has 0 spiro atoms. The number of hydrogen-bond donors (Lipinski definition) is 2. The maximum Gasteiger partial charge on any atom is 0.261 e. The van der Waals surface area contributed by atoms with Gasteiger partial charge in [-0.15, -0.1) is 0 Å². The van der Waals surface area contributed by atoms with E-state index in [1.54, 1.807) is 30.3 Å². The Morgan fingerprint density at radius 2 is 1.79 bits per heavy atom. The lowest BCUT2D eigenvalue weighted by Gasteiger charge is -2.16. The molecule has 1 atom stereocenters. The van der Waals surface area contributed by atoms with Gasteiger partial charge in [0, 0.05) is 6.54 Å². The summed E-state index contributed by atoms with van der Waals surface area (Å²) < 4.78 is 27.5. The van der Waals surface area contributed by atoms with Crippen LogP contribution in [0, 0.1) is 12.8 Å². The fourth-order valence-corrected chi connectivity index (χ4v) is 4.29. The van der Waals surface area contributed by atoms with E-state index in [0.29, 0.717) is 23.7 Å². The van der Waals surface area contributed by atoms with Crippen LogP contribution < -0.4 is 10.0 Å². The van der Waals surface area contributed by atoms with Crippen LogP contribution in [0.15, 0.2) is 47.4 Å². The zero-order valence-corrected chi connectivity index (χ0v) is 18.7. The van der Waals surface area contributed by atoms with E-state index in [1.807, 2.05) is 6.92 Å². The van der Waals surface area contributed by atoms with Gasteiger partial charge in [0.1, 0.15) is 0 Å². The molecule has 158 valence electrons. The highest BCUT2D eigenvalue weighted by Gasteiger charge is 2.17. The topological polar surface area (TPSA) is 75.3 Å². The molecule has 0 aromatic heterocycles. The molecule has 0 saturated heterocycles. The molecule has 5 nitrogen and oxygen atoms in total. The van der Waals surface area contributed by atoms with E-state index in [0.717, 1.165) is 31.2 Å². The Bertz CT molecular complexity index is 928. The standard InChI is InChI=1S/C22H29ClN2O3S/c1-4-6-7-17(5-2)15-24-22(26)20-13-10-18(14-21(20)23)25-29(27,28)19-11-8-16(3)9-12-19/h8-14,17,25H,4-7,15H2,1-3H3,(H,24,26)/t17-/m0/s1. The number of hydrogen-bond acceptors (Lipinski definition) is 3. The summed E-state index contributed by atoms with van der Waals surface area (Å²) in [6.07, 6.45) is 4.37. The van der Waals surface area contributed by atoms with Crippen molar-refractivity contribution in [2.24, 2.45) is 5.92 Å². The smallest absolute Gasteiger partial charge is 0.261 e. The van der Waals surface area contributed by atoms with E-state index in [1.165, 1.54) is 12.1 Å². The Labute approximate surface area is 178 Å². The summed E-state index contributed by atoms with van der Waals surface area (Å²) in [5.74, 6) is 0.191. The van der Waals surface area contributed by atoms with Crippen molar-refractivity contribution < 1.29 is 13.2 Å². The van der Waals surface area contributed by atoms with Gasteiger partial charge in [-0.1, -0.05) is 62.4 Å². The normalized spacial score (nSPS) is 12.4. The summed E-state index contributed by atoms with van der Waals surface area (Å²) in [5.41, 5.74) is 1.61. The SMILES string of the molecule is CCCC[C@H](CC)CNC(=O)c1ccc(NS(=O)(=O)c2ccc(C)cc2)cc1Cl. The summed E-state index contributed by atoms with van der Waals surface area (Å²) in [5, 5.41) is 3.14. The first-order valence-corrected chi connectivity index (χ1v) is 11.8. The number of anilines is 1. The highest BCUT2D eigenvalue weighted by molar-refractivity contribution is 7.92. The van der Waals surface area contributed by atoms with Gasteiger partial charge in [0.2, 0.25) is 0 Å². The molecule has 2 aromatic carbocycles. The van der Waals surface area contributed by atoms with E-state index >= 15 is 0 Å². The number of halogens is 1. The summed E-state index contributed by atoms with van der Waals surface area (Å²) in [7, 11) is -3.72. The van der Waals surface area contributed by atoms with Crippen LogP contribution in [-0.2, 0) is 10.0 Å². The molecule has 0 heterocycles. The van der Waals surface area contributed by atoms with Crippen LogP contribution in [0.1, 0.15) is 55.5 Å².